The van der Waals surface area contributed by atoms with Crippen molar-refractivity contribution in [3.8, 4) is 0 Å². The summed E-state index contributed by atoms with van der Waals surface area (Å²) in [6.45, 7) is 0. The highest BCUT2D eigenvalue weighted by Crippen LogP contribution is 2.25. The van der Waals surface area contributed by atoms with Crippen molar-refractivity contribution in [3.63, 3.8) is 0 Å². The van der Waals surface area contributed by atoms with E-state index in [1.807, 2.05) is 0 Å². The van der Waals surface area contributed by atoms with Gasteiger partial charge in [-0.15, -0.1) is 4.91 Å². The molecule has 0 saturated heterocycles. The van der Waals surface area contributed by atoms with E-state index >= 15 is 0 Å². The molecular formula is C7H4ClN3O. The van der Waals surface area contributed by atoms with Gasteiger partial charge in [0.2, 0.25) is 0 Å². The Kier molecular flexibility index (Phi) is 1.55. The minimum Gasteiger partial charge on any atom is -0.344 e. The first-order chi connectivity index (χ1) is 5.81. The first-order valence-corrected chi connectivity index (χ1v) is 3.65. The number of aromatic amines is 1. The van der Waals surface area contributed by atoms with Crippen molar-refractivity contribution in [3.05, 3.63) is 28.4 Å². The number of nitroso groups, excluding NO2 is 1. The van der Waals surface area contributed by atoms with Crippen LogP contribution in [0.1, 0.15) is 0 Å². The van der Waals surface area contributed by atoms with Crippen LogP contribution < -0.4 is 0 Å². The predicted molar refractivity (Wildman–Crippen MR) is 46.6 cm³/mol. The van der Waals surface area contributed by atoms with Gasteiger partial charge in [-0.05, 0) is 11.2 Å². The molecule has 0 fully saturated rings. The fourth-order valence-corrected chi connectivity index (χ4v) is 1.20. The highest BCUT2D eigenvalue weighted by atomic mass is 35.5. The van der Waals surface area contributed by atoms with Gasteiger partial charge in [-0.1, -0.05) is 11.6 Å². The van der Waals surface area contributed by atoms with Crippen LogP contribution in [0.4, 0.5) is 5.69 Å². The standard InChI is InChI=1S/C7H4ClN3O/c8-4-1-5-6(11-12)3-10-7(5)9-2-4/h1-3H,(H,9,10). The molecule has 60 valence electrons. The first kappa shape index (κ1) is 7.24. The van der Waals surface area contributed by atoms with E-state index in [9.17, 15) is 4.91 Å². The lowest BCUT2D eigenvalue weighted by Crippen LogP contribution is -1.73. The second-order valence-electron chi connectivity index (χ2n) is 2.31. The van der Waals surface area contributed by atoms with E-state index in [1.165, 1.54) is 12.4 Å². The molecule has 2 rings (SSSR count). The van der Waals surface area contributed by atoms with Gasteiger partial charge in [-0.3, -0.25) is 0 Å². The Balaban J connectivity index is 2.83. The lowest BCUT2D eigenvalue weighted by Gasteiger charge is -1.89. The zero-order chi connectivity index (χ0) is 8.55. The lowest BCUT2D eigenvalue weighted by molar-refractivity contribution is 1.32. The van der Waals surface area contributed by atoms with Gasteiger partial charge in [0.15, 0.2) is 0 Å². The van der Waals surface area contributed by atoms with Crippen LogP contribution in [0.15, 0.2) is 23.6 Å². The Bertz CT molecular complexity index is 437. The summed E-state index contributed by atoms with van der Waals surface area (Å²) >= 11 is 5.68. The summed E-state index contributed by atoms with van der Waals surface area (Å²) in [4.78, 5) is 17.0. The molecule has 1 N–H and O–H groups in total. The van der Waals surface area contributed by atoms with Gasteiger partial charge in [0.1, 0.15) is 11.3 Å². The number of hydrogen-bond acceptors (Lipinski definition) is 3. The van der Waals surface area contributed by atoms with Gasteiger partial charge in [0, 0.05) is 17.8 Å². The Morgan fingerprint density at radius 3 is 3.17 bits per heavy atom. The van der Waals surface area contributed by atoms with Gasteiger partial charge < -0.3 is 4.98 Å². The average molecular weight is 182 g/mol. The van der Waals surface area contributed by atoms with Gasteiger partial charge in [0.25, 0.3) is 0 Å². The maximum atomic E-state index is 10.3. The van der Waals surface area contributed by atoms with E-state index in [4.69, 9.17) is 11.6 Å². The largest absolute Gasteiger partial charge is 0.344 e. The summed E-state index contributed by atoms with van der Waals surface area (Å²) in [5, 5.41) is 3.96. The second kappa shape index (κ2) is 2.57. The Morgan fingerprint density at radius 1 is 1.58 bits per heavy atom. The van der Waals surface area contributed by atoms with Crippen LogP contribution in [-0.2, 0) is 0 Å². The Hall–Kier alpha value is -1.42. The lowest BCUT2D eigenvalue weighted by atomic mass is 10.3. The molecule has 0 aliphatic carbocycles. The van der Waals surface area contributed by atoms with Gasteiger partial charge in [0.05, 0.1) is 5.02 Å². The van der Waals surface area contributed by atoms with Gasteiger partial charge in [-0.25, -0.2) is 4.98 Å². The van der Waals surface area contributed by atoms with E-state index in [0.29, 0.717) is 21.7 Å². The predicted octanol–water partition coefficient (Wildman–Crippen LogP) is 2.61. The number of hydrogen-bond donors (Lipinski definition) is 1. The van der Waals surface area contributed by atoms with Crippen LogP contribution in [0.3, 0.4) is 0 Å². The number of pyridine rings is 1. The molecule has 5 heteroatoms. The number of fused-ring (bicyclic) bond motifs is 1. The molecule has 0 spiro atoms. The summed E-state index contributed by atoms with van der Waals surface area (Å²) in [5.41, 5.74) is 0.953. The van der Waals surface area contributed by atoms with Crippen LogP contribution in [0.5, 0.6) is 0 Å². The van der Waals surface area contributed by atoms with Crippen LogP contribution in [0, 0.1) is 4.91 Å². The maximum absolute atomic E-state index is 10.3. The van der Waals surface area contributed by atoms with Crippen molar-refractivity contribution < 1.29 is 0 Å². The zero-order valence-electron chi connectivity index (χ0n) is 5.91. The third kappa shape index (κ3) is 0.967. The summed E-state index contributed by atoms with van der Waals surface area (Å²) in [7, 11) is 0. The number of H-pyrrole nitrogens is 1. The summed E-state index contributed by atoms with van der Waals surface area (Å²) in [6.07, 6.45) is 3.01. The van der Waals surface area contributed by atoms with Crippen molar-refractivity contribution in [1.82, 2.24) is 9.97 Å². The van der Waals surface area contributed by atoms with Crippen molar-refractivity contribution >= 4 is 28.3 Å². The molecule has 12 heavy (non-hydrogen) atoms. The third-order valence-corrected chi connectivity index (χ3v) is 1.78. The first-order valence-electron chi connectivity index (χ1n) is 3.27. The monoisotopic (exact) mass is 181 g/mol. The summed E-state index contributed by atoms with van der Waals surface area (Å²) < 4.78 is 0. The minimum atomic E-state index is 0.333. The van der Waals surface area contributed by atoms with Crippen molar-refractivity contribution in [2.45, 2.75) is 0 Å². The Morgan fingerprint density at radius 2 is 2.42 bits per heavy atom. The zero-order valence-corrected chi connectivity index (χ0v) is 6.67. The number of aromatic nitrogens is 2. The number of nitrogens with one attached hydrogen (secondary N) is 1. The second-order valence-corrected chi connectivity index (χ2v) is 2.75. The molecule has 0 bridgehead atoms. The molecule has 0 radical (unpaired) electrons. The van der Waals surface area contributed by atoms with Gasteiger partial charge >= 0.3 is 0 Å². The SMILES string of the molecule is O=Nc1c[nH]c2ncc(Cl)cc12. The molecule has 0 amide bonds. The van der Waals surface area contributed by atoms with Crippen LogP contribution >= 0.6 is 11.6 Å². The molecule has 0 aliphatic heterocycles. The fraction of sp³-hybridized carbons (Fsp3) is 0. The number of rotatable bonds is 1. The highest BCUT2D eigenvalue weighted by Gasteiger charge is 2.04. The smallest absolute Gasteiger partial charge is 0.139 e. The summed E-state index contributed by atoms with van der Waals surface area (Å²) in [6, 6.07) is 1.65. The van der Waals surface area contributed by atoms with E-state index in [2.05, 4.69) is 15.1 Å². The molecule has 2 heterocycles. The number of halogens is 1. The van der Waals surface area contributed by atoms with E-state index in [1.54, 1.807) is 6.07 Å². The third-order valence-electron chi connectivity index (χ3n) is 1.57. The van der Waals surface area contributed by atoms with Crippen molar-refractivity contribution in [2.24, 2.45) is 5.18 Å². The molecule has 0 unspecified atom stereocenters. The van der Waals surface area contributed by atoms with Crippen LogP contribution in [0.25, 0.3) is 11.0 Å². The normalized spacial score (nSPS) is 10.4. The van der Waals surface area contributed by atoms with Gasteiger partial charge in [-0.2, -0.15) is 0 Å². The highest BCUT2D eigenvalue weighted by molar-refractivity contribution is 6.31. The average Bonchev–Trinajstić information content (AvgIpc) is 2.46. The minimum absolute atomic E-state index is 0.333. The van der Waals surface area contributed by atoms with E-state index in [0.717, 1.165) is 0 Å². The molecule has 2 aromatic rings. The molecule has 4 nitrogen and oxygen atoms in total. The topological polar surface area (TPSA) is 58.1 Å². The fourth-order valence-electron chi connectivity index (χ4n) is 1.04. The van der Waals surface area contributed by atoms with E-state index in [-0.39, 0.29) is 0 Å². The summed E-state index contributed by atoms with van der Waals surface area (Å²) in [5.74, 6) is 0. The molecule has 0 aromatic carbocycles. The number of nitrogens with zero attached hydrogens (tertiary/aromatic N) is 2. The quantitative estimate of drug-likeness (QED) is 0.688. The van der Waals surface area contributed by atoms with E-state index < -0.39 is 0 Å². The maximum Gasteiger partial charge on any atom is 0.139 e. The molecular weight excluding hydrogens is 178 g/mol. The van der Waals surface area contributed by atoms with Crippen LogP contribution in [-0.4, -0.2) is 9.97 Å². The molecule has 2 aromatic heterocycles. The van der Waals surface area contributed by atoms with Crippen LogP contribution in [0.2, 0.25) is 5.02 Å². The molecule has 0 atom stereocenters. The molecule has 0 aliphatic rings. The molecule has 0 saturated carbocycles. The van der Waals surface area contributed by atoms with Crippen molar-refractivity contribution in [1.29, 1.82) is 0 Å². The van der Waals surface area contributed by atoms with Crippen molar-refractivity contribution in [2.75, 3.05) is 0 Å². The Labute approximate surface area is 72.5 Å².